The van der Waals surface area contributed by atoms with Crippen molar-refractivity contribution in [3.63, 3.8) is 0 Å². The molecule has 2 nitrogen and oxygen atoms in total. The normalized spacial score (nSPS) is 11.2. The van der Waals surface area contributed by atoms with Gasteiger partial charge in [0.2, 0.25) is 0 Å². The predicted molar refractivity (Wildman–Crippen MR) is 39.6 cm³/mol. The third kappa shape index (κ3) is 7.08. The van der Waals surface area contributed by atoms with Gasteiger partial charge in [-0.2, -0.15) is 10.2 Å². The maximum Gasteiger partial charge on any atom is 0.0780 e. The molecule has 0 fully saturated rings. The van der Waals surface area contributed by atoms with Gasteiger partial charge in [-0.15, -0.1) is 6.58 Å². The lowest BCUT2D eigenvalue weighted by atomic mass is 10.5. The molecule has 0 saturated carbocycles. The van der Waals surface area contributed by atoms with Crippen LogP contribution in [0.4, 0.5) is 0 Å². The number of rotatable bonds is 4. The minimum atomic E-state index is 0.623. The van der Waals surface area contributed by atoms with E-state index in [4.69, 9.17) is 0 Å². The van der Waals surface area contributed by atoms with Gasteiger partial charge in [0.05, 0.1) is 13.1 Å². The molecule has 0 amide bonds. The van der Waals surface area contributed by atoms with E-state index in [-0.39, 0.29) is 0 Å². The summed E-state index contributed by atoms with van der Waals surface area (Å²) in [5, 5.41) is 7.60. The molecular weight excluding hydrogens is 112 g/mol. The largest absolute Gasteiger partial charge is 0.190 e. The summed E-state index contributed by atoms with van der Waals surface area (Å²) in [6.07, 6.45) is 5.62. The van der Waals surface area contributed by atoms with Crippen molar-refractivity contribution < 1.29 is 0 Å². The van der Waals surface area contributed by atoms with Crippen molar-refractivity contribution in [2.45, 2.75) is 6.92 Å². The van der Waals surface area contributed by atoms with Gasteiger partial charge in [0.15, 0.2) is 0 Å². The van der Waals surface area contributed by atoms with Crippen molar-refractivity contribution in [3.8, 4) is 0 Å². The molecule has 0 saturated heterocycles. The molecule has 0 aliphatic carbocycles. The minimum Gasteiger partial charge on any atom is -0.190 e. The summed E-state index contributed by atoms with van der Waals surface area (Å²) in [5.41, 5.74) is 0. The molecule has 0 atom stereocenters. The molecule has 0 aliphatic heterocycles. The van der Waals surface area contributed by atoms with Gasteiger partial charge in [-0.3, -0.25) is 0 Å². The zero-order valence-corrected chi connectivity index (χ0v) is 5.75. The Hall–Kier alpha value is -0.920. The van der Waals surface area contributed by atoms with Crippen LogP contribution in [0.25, 0.3) is 0 Å². The highest BCUT2D eigenvalue weighted by atomic mass is 15.1. The smallest absolute Gasteiger partial charge is 0.0780 e. The van der Waals surface area contributed by atoms with Crippen LogP contribution in [0.5, 0.6) is 0 Å². The van der Waals surface area contributed by atoms with E-state index >= 15 is 0 Å². The molecule has 9 heavy (non-hydrogen) atoms. The van der Waals surface area contributed by atoms with Gasteiger partial charge in [0.25, 0.3) is 0 Å². The molecule has 0 aromatic heterocycles. The zero-order valence-electron chi connectivity index (χ0n) is 5.75. The highest BCUT2D eigenvalue weighted by Crippen LogP contribution is 1.78. The first-order chi connectivity index (χ1) is 4.41. The molecule has 0 N–H and O–H groups in total. The third-order valence-corrected chi connectivity index (χ3v) is 0.734. The average Bonchev–Trinajstić information content (AvgIpc) is 1.89. The summed E-state index contributed by atoms with van der Waals surface area (Å²) in [4.78, 5) is 0. The summed E-state index contributed by atoms with van der Waals surface area (Å²) < 4.78 is 0. The number of azo groups is 1. The molecule has 0 aromatic rings. The fraction of sp³-hybridized carbons (Fsp3) is 0.429. The molecule has 0 aliphatic rings. The molecular formula is C7H12N2. The molecule has 0 rings (SSSR count). The highest BCUT2D eigenvalue weighted by Gasteiger charge is 1.68. The average molecular weight is 124 g/mol. The van der Waals surface area contributed by atoms with E-state index in [0.717, 1.165) is 0 Å². The molecule has 0 unspecified atom stereocenters. The van der Waals surface area contributed by atoms with Crippen LogP contribution in [0, 0.1) is 0 Å². The molecule has 0 aromatic carbocycles. The zero-order chi connectivity index (χ0) is 6.95. The first-order valence-corrected chi connectivity index (χ1v) is 2.97. The van der Waals surface area contributed by atoms with Crippen molar-refractivity contribution in [3.05, 3.63) is 24.8 Å². The maximum atomic E-state index is 3.82. The van der Waals surface area contributed by atoms with Crippen LogP contribution in [-0.4, -0.2) is 13.1 Å². The predicted octanol–water partition coefficient (Wildman–Crippen LogP) is 2.20. The van der Waals surface area contributed by atoms with E-state index < -0.39 is 0 Å². The van der Waals surface area contributed by atoms with Crippen molar-refractivity contribution >= 4 is 0 Å². The van der Waals surface area contributed by atoms with Crippen molar-refractivity contribution in [2.75, 3.05) is 13.1 Å². The first-order valence-electron chi connectivity index (χ1n) is 2.97. The Bertz CT molecular complexity index is 114. The summed E-state index contributed by atoms with van der Waals surface area (Å²) in [6.45, 7) is 6.78. The van der Waals surface area contributed by atoms with Gasteiger partial charge in [0.1, 0.15) is 0 Å². The second-order valence-electron chi connectivity index (χ2n) is 1.51. The lowest BCUT2D eigenvalue weighted by Gasteiger charge is -1.79. The van der Waals surface area contributed by atoms with E-state index in [1.165, 1.54) is 0 Å². The van der Waals surface area contributed by atoms with Gasteiger partial charge >= 0.3 is 0 Å². The third-order valence-electron chi connectivity index (χ3n) is 0.734. The van der Waals surface area contributed by atoms with E-state index in [1.807, 2.05) is 19.1 Å². The Morgan fingerprint density at radius 3 is 2.56 bits per heavy atom. The molecule has 0 spiro atoms. The van der Waals surface area contributed by atoms with Crippen molar-refractivity contribution in [1.29, 1.82) is 0 Å². The first kappa shape index (κ1) is 8.08. The SMILES string of the molecule is C=CCN=NCC=CC. The summed E-state index contributed by atoms with van der Waals surface area (Å²) in [5.74, 6) is 0. The summed E-state index contributed by atoms with van der Waals surface area (Å²) in [6, 6.07) is 0. The number of nitrogens with zero attached hydrogens (tertiary/aromatic N) is 2. The molecule has 0 bridgehead atoms. The fourth-order valence-electron chi connectivity index (χ4n) is 0.326. The van der Waals surface area contributed by atoms with Crippen LogP contribution in [0.1, 0.15) is 6.92 Å². The van der Waals surface area contributed by atoms with Gasteiger partial charge in [-0.25, -0.2) is 0 Å². The standard InChI is InChI=1S/C7H12N2/c1-3-5-7-9-8-6-4-2/h3-5H,2,6-7H2,1H3. The summed E-state index contributed by atoms with van der Waals surface area (Å²) in [7, 11) is 0. The molecule has 50 valence electrons. The molecule has 0 radical (unpaired) electrons. The monoisotopic (exact) mass is 124 g/mol. The van der Waals surface area contributed by atoms with Crippen LogP contribution in [0.3, 0.4) is 0 Å². The maximum absolute atomic E-state index is 3.82. The lowest BCUT2D eigenvalue weighted by molar-refractivity contribution is 0.977. The van der Waals surface area contributed by atoms with E-state index in [1.54, 1.807) is 6.08 Å². The quantitative estimate of drug-likeness (QED) is 0.405. The van der Waals surface area contributed by atoms with Gasteiger partial charge in [0, 0.05) is 0 Å². The Balaban J connectivity index is 3.14. The van der Waals surface area contributed by atoms with Gasteiger partial charge in [-0.05, 0) is 6.92 Å². The molecule has 2 heteroatoms. The van der Waals surface area contributed by atoms with Crippen LogP contribution < -0.4 is 0 Å². The van der Waals surface area contributed by atoms with Gasteiger partial charge in [-0.1, -0.05) is 18.2 Å². The topological polar surface area (TPSA) is 24.7 Å². The van der Waals surface area contributed by atoms with E-state index in [2.05, 4.69) is 16.8 Å². The Kier molecular flexibility index (Phi) is 6.36. The highest BCUT2D eigenvalue weighted by molar-refractivity contribution is 4.78. The summed E-state index contributed by atoms with van der Waals surface area (Å²) >= 11 is 0. The number of allylic oxidation sites excluding steroid dienone is 1. The Morgan fingerprint density at radius 1 is 1.33 bits per heavy atom. The van der Waals surface area contributed by atoms with Crippen LogP contribution in [0.15, 0.2) is 35.0 Å². The van der Waals surface area contributed by atoms with Crippen LogP contribution >= 0.6 is 0 Å². The second-order valence-corrected chi connectivity index (χ2v) is 1.51. The number of hydrogen-bond donors (Lipinski definition) is 0. The fourth-order valence-corrected chi connectivity index (χ4v) is 0.326. The van der Waals surface area contributed by atoms with Crippen molar-refractivity contribution in [1.82, 2.24) is 0 Å². The minimum absolute atomic E-state index is 0.623. The van der Waals surface area contributed by atoms with Gasteiger partial charge < -0.3 is 0 Å². The van der Waals surface area contributed by atoms with E-state index in [9.17, 15) is 0 Å². The lowest BCUT2D eigenvalue weighted by Crippen LogP contribution is -1.70. The second kappa shape index (κ2) is 7.08. The Labute approximate surface area is 56.0 Å². The number of hydrogen-bond acceptors (Lipinski definition) is 2. The van der Waals surface area contributed by atoms with Crippen molar-refractivity contribution in [2.24, 2.45) is 10.2 Å². The van der Waals surface area contributed by atoms with Crippen LogP contribution in [-0.2, 0) is 0 Å². The Morgan fingerprint density at radius 2 is 2.00 bits per heavy atom. The molecule has 0 heterocycles. The van der Waals surface area contributed by atoms with E-state index in [0.29, 0.717) is 13.1 Å². The van der Waals surface area contributed by atoms with Crippen LogP contribution in [0.2, 0.25) is 0 Å².